The van der Waals surface area contributed by atoms with E-state index in [1.54, 1.807) is 18.2 Å². The minimum Gasteiger partial charge on any atom is -0.421 e. The number of nitro groups is 1. The molecule has 23 heavy (non-hydrogen) atoms. The van der Waals surface area contributed by atoms with Crippen LogP contribution in [0, 0.1) is 10.1 Å². The monoisotopic (exact) mass is 327 g/mol. The summed E-state index contributed by atoms with van der Waals surface area (Å²) in [6.07, 6.45) is 0. The van der Waals surface area contributed by atoms with Crippen molar-refractivity contribution in [3.63, 3.8) is 0 Å². The molecule has 0 aromatic heterocycles. The first-order valence-electron chi connectivity index (χ1n) is 6.71. The molecule has 3 aromatic rings. The van der Waals surface area contributed by atoms with Crippen LogP contribution in [0.1, 0.15) is 10.4 Å². The van der Waals surface area contributed by atoms with Crippen molar-refractivity contribution in [1.82, 2.24) is 0 Å². The zero-order valence-corrected chi connectivity index (χ0v) is 12.5. The van der Waals surface area contributed by atoms with Gasteiger partial charge >= 0.3 is 5.97 Å². The van der Waals surface area contributed by atoms with Gasteiger partial charge in [0.2, 0.25) is 0 Å². The van der Waals surface area contributed by atoms with E-state index in [9.17, 15) is 14.9 Å². The second-order valence-electron chi connectivity index (χ2n) is 4.76. The van der Waals surface area contributed by atoms with Crippen LogP contribution in [0.3, 0.4) is 0 Å². The number of carbonyl (C=O) groups excluding carboxylic acids is 1. The molecule has 0 saturated heterocycles. The maximum absolute atomic E-state index is 12.2. The Kier molecular flexibility index (Phi) is 3.95. The molecule has 0 bridgehead atoms. The molecular weight excluding hydrogens is 318 g/mol. The van der Waals surface area contributed by atoms with Crippen molar-refractivity contribution < 1.29 is 14.5 Å². The van der Waals surface area contributed by atoms with Gasteiger partial charge in [-0.3, -0.25) is 10.1 Å². The Balaban J connectivity index is 1.98. The molecule has 6 heteroatoms. The molecule has 0 aliphatic carbocycles. The number of hydrogen-bond acceptors (Lipinski definition) is 4. The Labute approximate surface area is 136 Å². The maximum atomic E-state index is 12.2. The molecule has 0 radical (unpaired) electrons. The summed E-state index contributed by atoms with van der Waals surface area (Å²) in [5.74, 6) is -0.664. The lowest BCUT2D eigenvalue weighted by Gasteiger charge is -2.09. The molecule has 0 saturated carbocycles. The summed E-state index contributed by atoms with van der Waals surface area (Å²) in [7, 11) is 0. The van der Waals surface area contributed by atoms with Gasteiger partial charge in [0.1, 0.15) is 11.3 Å². The fourth-order valence-corrected chi connectivity index (χ4v) is 2.53. The minimum absolute atomic E-state index is 0.123. The van der Waals surface area contributed by atoms with Crippen LogP contribution in [-0.2, 0) is 0 Å². The number of rotatable bonds is 3. The summed E-state index contributed by atoms with van der Waals surface area (Å²) in [4.78, 5) is 22.6. The molecule has 3 rings (SSSR count). The van der Waals surface area contributed by atoms with Gasteiger partial charge in [-0.1, -0.05) is 54.1 Å². The number of benzene rings is 3. The summed E-state index contributed by atoms with van der Waals surface area (Å²) in [6, 6.07) is 16.3. The molecule has 0 aliphatic heterocycles. The van der Waals surface area contributed by atoms with Gasteiger partial charge in [-0.25, -0.2) is 4.79 Å². The number of esters is 1. The molecule has 0 aliphatic rings. The summed E-state index contributed by atoms with van der Waals surface area (Å²) >= 11 is 6.26. The Morgan fingerprint density at radius 1 is 1.00 bits per heavy atom. The number of nitro benzene ring substituents is 1. The standard InChI is InChI=1S/C17H10ClNO4/c18-16-12-6-2-1-5-11(12)9-10-15(16)23-17(20)13-7-3-4-8-14(13)19(21)22/h1-10H. The van der Waals surface area contributed by atoms with E-state index in [4.69, 9.17) is 16.3 Å². The van der Waals surface area contributed by atoms with Gasteiger partial charge in [-0.15, -0.1) is 0 Å². The molecule has 114 valence electrons. The summed E-state index contributed by atoms with van der Waals surface area (Å²) in [6.45, 7) is 0. The summed E-state index contributed by atoms with van der Waals surface area (Å²) < 4.78 is 5.25. The number of halogens is 1. The molecule has 5 nitrogen and oxygen atoms in total. The van der Waals surface area contributed by atoms with Gasteiger partial charge in [0, 0.05) is 11.5 Å². The predicted octanol–water partition coefficient (Wildman–Crippen LogP) is 4.62. The zero-order valence-electron chi connectivity index (χ0n) is 11.7. The van der Waals surface area contributed by atoms with Crippen LogP contribution in [0.25, 0.3) is 10.8 Å². The van der Waals surface area contributed by atoms with E-state index in [1.165, 1.54) is 24.3 Å². The van der Waals surface area contributed by atoms with Crippen LogP contribution in [0.2, 0.25) is 5.02 Å². The Bertz CT molecular complexity index is 923. The third kappa shape index (κ3) is 2.86. The van der Waals surface area contributed by atoms with Crippen LogP contribution in [0.5, 0.6) is 5.75 Å². The van der Waals surface area contributed by atoms with E-state index < -0.39 is 10.9 Å². The highest BCUT2D eigenvalue weighted by atomic mass is 35.5. The first-order valence-corrected chi connectivity index (χ1v) is 7.08. The molecule has 0 unspecified atom stereocenters. The molecule has 0 fully saturated rings. The van der Waals surface area contributed by atoms with E-state index in [0.717, 1.165) is 10.8 Å². The lowest BCUT2D eigenvalue weighted by molar-refractivity contribution is -0.385. The second kappa shape index (κ2) is 6.06. The average Bonchev–Trinajstić information content (AvgIpc) is 2.57. The van der Waals surface area contributed by atoms with E-state index >= 15 is 0 Å². The smallest absolute Gasteiger partial charge is 0.350 e. The topological polar surface area (TPSA) is 69.4 Å². The quantitative estimate of drug-likeness (QED) is 0.304. The molecule has 3 aromatic carbocycles. The minimum atomic E-state index is -0.825. The van der Waals surface area contributed by atoms with Crippen LogP contribution in [0.15, 0.2) is 60.7 Å². The van der Waals surface area contributed by atoms with Crippen molar-refractivity contribution in [2.45, 2.75) is 0 Å². The van der Waals surface area contributed by atoms with E-state index in [1.807, 2.05) is 18.2 Å². The van der Waals surface area contributed by atoms with Gasteiger partial charge in [-0.2, -0.15) is 0 Å². The fourth-order valence-electron chi connectivity index (χ4n) is 2.25. The molecule has 0 spiro atoms. The van der Waals surface area contributed by atoms with Crippen molar-refractivity contribution in [3.05, 3.63) is 81.4 Å². The largest absolute Gasteiger partial charge is 0.421 e. The normalized spacial score (nSPS) is 10.5. The molecular formula is C17H10ClNO4. The fraction of sp³-hybridized carbons (Fsp3) is 0. The SMILES string of the molecule is O=C(Oc1ccc2ccccc2c1Cl)c1ccccc1[N+](=O)[O-]. The lowest BCUT2D eigenvalue weighted by atomic mass is 10.1. The average molecular weight is 328 g/mol. The van der Waals surface area contributed by atoms with Crippen molar-refractivity contribution >= 4 is 34.0 Å². The van der Waals surface area contributed by atoms with Gasteiger partial charge in [0.25, 0.3) is 5.69 Å². The number of hydrogen-bond donors (Lipinski definition) is 0. The van der Waals surface area contributed by atoms with Gasteiger partial charge < -0.3 is 4.74 Å². The highest BCUT2D eigenvalue weighted by Crippen LogP contribution is 2.33. The van der Waals surface area contributed by atoms with Gasteiger partial charge in [0.05, 0.1) is 9.95 Å². The van der Waals surface area contributed by atoms with E-state index in [-0.39, 0.29) is 22.0 Å². The molecule has 0 N–H and O–H groups in total. The van der Waals surface area contributed by atoms with Crippen LogP contribution in [-0.4, -0.2) is 10.9 Å². The van der Waals surface area contributed by atoms with Crippen LogP contribution >= 0.6 is 11.6 Å². The maximum Gasteiger partial charge on any atom is 0.350 e. The number of ether oxygens (including phenoxy) is 1. The molecule has 0 atom stereocenters. The Hall–Kier alpha value is -2.92. The summed E-state index contributed by atoms with van der Waals surface area (Å²) in [5, 5.41) is 12.9. The summed E-state index contributed by atoms with van der Waals surface area (Å²) in [5.41, 5.74) is -0.434. The van der Waals surface area contributed by atoms with E-state index in [0.29, 0.717) is 0 Å². The number of nitrogens with zero attached hydrogens (tertiary/aromatic N) is 1. The highest BCUT2D eigenvalue weighted by Gasteiger charge is 2.22. The Morgan fingerprint density at radius 3 is 2.48 bits per heavy atom. The van der Waals surface area contributed by atoms with Gasteiger partial charge in [0.15, 0.2) is 0 Å². The van der Waals surface area contributed by atoms with Crippen LogP contribution in [0.4, 0.5) is 5.69 Å². The second-order valence-corrected chi connectivity index (χ2v) is 5.14. The predicted molar refractivity (Wildman–Crippen MR) is 87.0 cm³/mol. The number of para-hydroxylation sites is 1. The van der Waals surface area contributed by atoms with Crippen molar-refractivity contribution in [3.8, 4) is 5.75 Å². The molecule has 0 heterocycles. The highest BCUT2D eigenvalue weighted by molar-refractivity contribution is 6.37. The number of carbonyl (C=O) groups is 1. The third-order valence-electron chi connectivity index (χ3n) is 3.35. The van der Waals surface area contributed by atoms with Crippen molar-refractivity contribution in [2.24, 2.45) is 0 Å². The third-order valence-corrected chi connectivity index (χ3v) is 3.74. The van der Waals surface area contributed by atoms with E-state index in [2.05, 4.69) is 0 Å². The molecule has 0 amide bonds. The number of fused-ring (bicyclic) bond motifs is 1. The first-order chi connectivity index (χ1) is 11.1. The van der Waals surface area contributed by atoms with Crippen LogP contribution < -0.4 is 4.74 Å². The zero-order chi connectivity index (χ0) is 16.4. The Morgan fingerprint density at radius 2 is 1.70 bits per heavy atom. The lowest BCUT2D eigenvalue weighted by Crippen LogP contribution is -2.11. The van der Waals surface area contributed by atoms with Crippen molar-refractivity contribution in [1.29, 1.82) is 0 Å². The van der Waals surface area contributed by atoms with Crippen molar-refractivity contribution in [2.75, 3.05) is 0 Å². The first kappa shape index (κ1) is 15.0. The van der Waals surface area contributed by atoms with Gasteiger partial charge in [-0.05, 0) is 17.5 Å².